The van der Waals surface area contributed by atoms with Gasteiger partial charge in [0.2, 0.25) is 0 Å². The van der Waals surface area contributed by atoms with Gasteiger partial charge in [-0.1, -0.05) is 0 Å². The van der Waals surface area contributed by atoms with Crippen molar-refractivity contribution in [2.45, 2.75) is 13.5 Å². The number of nitrogens with zero attached hydrogens (tertiary/aromatic N) is 2. The summed E-state index contributed by atoms with van der Waals surface area (Å²) in [4.78, 5) is 0. The Hall–Kier alpha value is -0.900. The van der Waals surface area contributed by atoms with Gasteiger partial charge in [0.15, 0.2) is 0 Å². The average molecular weight is 126 g/mol. The summed E-state index contributed by atoms with van der Waals surface area (Å²) in [5.41, 5.74) is 1.95. The Morgan fingerprint density at radius 3 is 2.78 bits per heavy atom. The van der Waals surface area contributed by atoms with Gasteiger partial charge in [0, 0.05) is 6.54 Å². The first-order valence-corrected chi connectivity index (χ1v) is 2.85. The monoisotopic (exact) mass is 126 g/mol. The highest BCUT2D eigenvalue weighted by Gasteiger charge is 1.98. The molecule has 2 N–H and O–H groups in total. The minimum Gasteiger partial charge on any atom is -0.314 e. The van der Waals surface area contributed by atoms with Crippen molar-refractivity contribution in [2.24, 2.45) is 0 Å². The highest BCUT2D eigenvalue weighted by Crippen LogP contribution is 1.95. The van der Waals surface area contributed by atoms with E-state index in [1.807, 2.05) is 14.0 Å². The zero-order chi connectivity index (χ0) is 6.69. The van der Waals surface area contributed by atoms with E-state index in [4.69, 9.17) is 0 Å². The Balaban J connectivity index is 2.69. The lowest BCUT2D eigenvalue weighted by molar-refractivity contribution is 0.778. The number of aromatic nitrogens is 3. The SMILES string of the molecule is CNCc1n[nH]nc1C. The van der Waals surface area contributed by atoms with Crippen molar-refractivity contribution in [2.75, 3.05) is 7.05 Å². The van der Waals surface area contributed by atoms with E-state index >= 15 is 0 Å². The maximum absolute atomic E-state index is 3.91. The quantitative estimate of drug-likeness (QED) is 0.578. The number of hydrogen-bond acceptors (Lipinski definition) is 3. The molecule has 0 aromatic carbocycles. The van der Waals surface area contributed by atoms with Gasteiger partial charge in [0.25, 0.3) is 0 Å². The molecule has 0 saturated heterocycles. The molecule has 0 aliphatic carbocycles. The maximum atomic E-state index is 3.91. The molecular formula is C5H10N4. The molecule has 4 heteroatoms. The van der Waals surface area contributed by atoms with Crippen molar-refractivity contribution in [3.63, 3.8) is 0 Å². The number of aromatic amines is 1. The van der Waals surface area contributed by atoms with Crippen LogP contribution in [0.15, 0.2) is 0 Å². The maximum Gasteiger partial charge on any atom is 0.0991 e. The molecule has 1 aromatic rings. The largest absolute Gasteiger partial charge is 0.314 e. The van der Waals surface area contributed by atoms with E-state index in [-0.39, 0.29) is 0 Å². The molecule has 0 spiro atoms. The summed E-state index contributed by atoms with van der Waals surface area (Å²) in [6, 6.07) is 0. The van der Waals surface area contributed by atoms with Gasteiger partial charge in [0.1, 0.15) is 0 Å². The van der Waals surface area contributed by atoms with E-state index in [9.17, 15) is 0 Å². The van der Waals surface area contributed by atoms with Crippen molar-refractivity contribution in [1.82, 2.24) is 20.7 Å². The van der Waals surface area contributed by atoms with Crippen LogP contribution in [0.1, 0.15) is 11.4 Å². The van der Waals surface area contributed by atoms with Gasteiger partial charge in [0.05, 0.1) is 11.4 Å². The highest BCUT2D eigenvalue weighted by atomic mass is 15.3. The molecule has 1 rings (SSSR count). The topological polar surface area (TPSA) is 53.6 Å². The number of rotatable bonds is 2. The molecule has 0 saturated carbocycles. The highest BCUT2D eigenvalue weighted by molar-refractivity contribution is 5.04. The van der Waals surface area contributed by atoms with Crippen molar-refractivity contribution in [3.05, 3.63) is 11.4 Å². The zero-order valence-electron chi connectivity index (χ0n) is 5.60. The van der Waals surface area contributed by atoms with Gasteiger partial charge >= 0.3 is 0 Å². The van der Waals surface area contributed by atoms with Crippen LogP contribution in [0.2, 0.25) is 0 Å². The second kappa shape index (κ2) is 2.59. The van der Waals surface area contributed by atoms with Gasteiger partial charge in [-0.05, 0) is 14.0 Å². The second-order valence-corrected chi connectivity index (χ2v) is 1.89. The van der Waals surface area contributed by atoms with E-state index < -0.39 is 0 Å². The van der Waals surface area contributed by atoms with Crippen LogP contribution in [0.4, 0.5) is 0 Å². The molecule has 0 aliphatic rings. The Bertz CT molecular complexity index is 181. The summed E-state index contributed by atoms with van der Waals surface area (Å²) < 4.78 is 0. The van der Waals surface area contributed by atoms with Gasteiger partial charge in [-0.3, -0.25) is 0 Å². The minimum absolute atomic E-state index is 0.780. The Morgan fingerprint density at radius 1 is 1.56 bits per heavy atom. The van der Waals surface area contributed by atoms with E-state index in [1.54, 1.807) is 0 Å². The van der Waals surface area contributed by atoms with Gasteiger partial charge in [-0.15, -0.1) is 0 Å². The van der Waals surface area contributed by atoms with E-state index in [0.29, 0.717) is 0 Å². The predicted octanol–water partition coefficient (Wildman–Crippen LogP) is -0.167. The lowest BCUT2D eigenvalue weighted by Gasteiger charge is -1.90. The Morgan fingerprint density at radius 2 is 2.33 bits per heavy atom. The van der Waals surface area contributed by atoms with Crippen molar-refractivity contribution in [3.8, 4) is 0 Å². The smallest absolute Gasteiger partial charge is 0.0991 e. The molecule has 0 radical (unpaired) electrons. The summed E-state index contributed by atoms with van der Waals surface area (Å²) in [5, 5.41) is 13.3. The molecule has 0 atom stereocenters. The van der Waals surface area contributed by atoms with Crippen LogP contribution >= 0.6 is 0 Å². The van der Waals surface area contributed by atoms with Gasteiger partial charge in [-0.2, -0.15) is 15.4 Å². The van der Waals surface area contributed by atoms with Crippen LogP contribution in [-0.4, -0.2) is 22.5 Å². The molecule has 1 aromatic heterocycles. The Labute approximate surface area is 53.7 Å². The molecular weight excluding hydrogens is 116 g/mol. The molecule has 0 fully saturated rings. The summed E-state index contributed by atoms with van der Waals surface area (Å²) in [7, 11) is 1.88. The first-order chi connectivity index (χ1) is 4.34. The number of H-pyrrole nitrogens is 1. The van der Waals surface area contributed by atoms with Crippen molar-refractivity contribution in [1.29, 1.82) is 0 Å². The molecule has 0 amide bonds. The molecule has 1 heterocycles. The lowest BCUT2D eigenvalue weighted by atomic mass is 10.3. The summed E-state index contributed by atoms with van der Waals surface area (Å²) in [6.07, 6.45) is 0. The first-order valence-electron chi connectivity index (χ1n) is 2.85. The number of nitrogens with one attached hydrogen (secondary N) is 2. The standard InChI is InChI=1S/C5H10N4/c1-4-5(3-6-2)8-9-7-4/h6H,3H2,1-2H3,(H,7,8,9). The van der Waals surface area contributed by atoms with Crippen LogP contribution in [0.5, 0.6) is 0 Å². The van der Waals surface area contributed by atoms with Gasteiger partial charge < -0.3 is 5.32 Å². The van der Waals surface area contributed by atoms with Crippen LogP contribution in [0.3, 0.4) is 0 Å². The summed E-state index contributed by atoms with van der Waals surface area (Å²) in [6.45, 7) is 2.71. The molecule has 0 aliphatic heterocycles. The van der Waals surface area contributed by atoms with Crippen LogP contribution in [0, 0.1) is 6.92 Å². The first kappa shape index (κ1) is 6.22. The summed E-state index contributed by atoms with van der Waals surface area (Å²) in [5.74, 6) is 0. The minimum atomic E-state index is 0.780. The van der Waals surface area contributed by atoms with Crippen LogP contribution < -0.4 is 5.32 Å². The fourth-order valence-corrected chi connectivity index (χ4v) is 0.641. The van der Waals surface area contributed by atoms with E-state index in [2.05, 4.69) is 20.7 Å². The number of aryl methyl sites for hydroxylation is 1. The molecule has 50 valence electrons. The lowest BCUT2D eigenvalue weighted by Crippen LogP contribution is -2.06. The number of hydrogen-bond donors (Lipinski definition) is 2. The third-order valence-electron chi connectivity index (χ3n) is 1.16. The van der Waals surface area contributed by atoms with Crippen molar-refractivity contribution >= 4 is 0 Å². The fraction of sp³-hybridized carbons (Fsp3) is 0.600. The van der Waals surface area contributed by atoms with Gasteiger partial charge in [-0.25, -0.2) is 0 Å². The molecule has 4 nitrogen and oxygen atoms in total. The van der Waals surface area contributed by atoms with Crippen LogP contribution in [0.25, 0.3) is 0 Å². The van der Waals surface area contributed by atoms with Crippen LogP contribution in [-0.2, 0) is 6.54 Å². The zero-order valence-corrected chi connectivity index (χ0v) is 5.60. The molecule has 9 heavy (non-hydrogen) atoms. The third kappa shape index (κ3) is 1.26. The van der Waals surface area contributed by atoms with E-state index in [1.165, 1.54) is 0 Å². The third-order valence-corrected chi connectivity index (χ3v) is 1.16. The second-order valence-electron chi connectivity index (χ2n) is 1.89. The molecule has 0 bridgehead atoms. The van der Waals surface area contributed by atoms with Crippen molar-refractivity contribution < 1.29 is 0 Å². The predicted molar refractivity (Wildman–Crippen MR) is 33.9 cm³/mol. The normalized spacial score (nSPS) is 10.0. The summed E-state index contributed by atoms with van der Waals surface area (Å²) >= 11 is 0. The fourth-order valence-electron chi connectivity index (χ4n) is 0.641. The van der Waals surface area contributed by atoms with E-state index in [0.717, 1.165) is 17.9 Å². The average Bonchev–Trinajstić information content (AvgIpc) is 2.18. The Kier molecular flexibility index (Phi) is 1.79. The molecule has 0 unspecified atom stereocenters.